The first-order valence-electron chi connectivity index (χ1n) is 10.8. The van der Waals surface area contributed by atoms with Crippen molar-refractivity contribution in [2.45, 2.75) is 12.8 Å². The lowest BCUT2D eigenvalue weighted by atomic mass is 10.2. The number of amides is 2. The topological polar surface area (TPSA) is 79.3 Å². The van der Waals surface area contributed by atoms with E-state index in [4.69, 9.17) is 10.5 Å². The Balaban J connectivity index is 1.22. The summed E-state index contributed by atoms with van der Waals surface area (Å²) in [6, 6.07) is 15.5. The van der Waals surface area contributed by atoms with Crippen LogP contribution in [0, 0.1) is 0 Å². The number of piperazine rings is 1. The zero-order valence-corrected chi connectivity index (χ0v) is 18.0. The molecule has 2 N–H and O–H groups in total. The number of pyridine rings is 1. The van der Waals surface area contributed by atoms with Gasteiger partial charge in [0, 0.05) is 50.7 Å². The molecule has 1 aliphatic rings. The summed E-state index contributed by atoms with van der Waals surface area (Å²) in [5, 5.41) is 4.47. The summed E-state index contributed by atoms with van der Waals surface area (Å²) in [6.45, 7) is 5.71. The van der Waals surface area contributed by atoms with E-state index in [-0.39, 0.29) is 0 Å². The van der Waals surface area contributed by atoms with Crippen LogP contribution in [0.4, 0.5) is 16.3 Å². The summed E-state index contributed by atoms with van der Waals surface area (Å²) in [7, 11) is 1.69. The van der Waals surface area contributed by atoms with Crippen LogP contribution in [0.5, 0.6) is 5.75 Å². The van der Waals surface area contributed by atoms with E-state index in [9.17, 15) is 4.79 Å². The molecule has 0 saturated carbocycles. The Hall–Kier alpha value is -3.26. The number of nitrogens with zero attached hydrogens (tertiary/aromatic N) is 5. The Morgan fingerprint density at radius 2 is 1.87 bits per heavy atom. The van der Waals surface area contributed by atoms with Crippen molar-refractivity contribution in [3.63, 3.8) is 0 Å². The highest BCUT2D eigenvalue weighted by Crippen LogP contribution is 2.21. The van der Waals surface area contributed by atoms with Crippen LogP contribution >= 0.6 is 0 Å². The number of fused-ring (bicyclic) bond motifs is 1. The van der Waals surface area contributed by atoms with E-state index in [1.165, 1.54) is 5.69 Å². The van der Waals surface area contributed by atoms with Crippen molar-refractivity contribution in [2.75, 3.05) is 56.2 Å². The zero-order chi connectivity index (χ0) is 21.6. The molecule has 31 heavy (non-hydrogen) atoms. The SMILES string of the molecule is COc1ccc(N2CCN(CCCCN(C(N)=O)c3cc4ccccn4n3)CC2)cc1. The second kappa shape index (κ2) is 9.70. The monoisotopic (exact) mass is 422 g/mol. The predicted molar refractivity (Wildman–Crippen MR) is 123 cm³/mol. The Bertz CT molecular complexity index is 962. The number of unbranched alkanes of at least 4 members (excludes halogenated alkanes) is 1. The van der Waals surface area contributed by atoms with Gasteiger partial charge >= 0.3 is 6.03 Å². The molecule has 1 saturated heterocycles. The van der Waals surface area contributed by atoms with Crippen LogP contribution in [-0.2, 0) is 0 Å². The van der Waals surface area contributed by atoms with E-state index in [1.54, 1.807) is 16.5 Å². The van der Waals surface area contributed by atoms with Gasteiger partial charge in [-0.05, 0) is 55.8 Å². The first-order valence-corrected chi connectivity index (χ1v) is 10.8. The predicted octanol–water partition coefficient (Wildman–Crippen LogP) is 2.83. The first kappa shape index (κ1) is 21.0. The number of aromatic nitrogens is 2. The van der Waals surface area contributed by atoms with Crippen molar-refractivity contribution in [1.82, 2.24) is 14.5 Å². The molecule has 8 nitrogen and oxygen atoms in total. The molecule has 8 heteroatoms. The lowest BCUT2D eigenvalue weighted by Gasteiger charge is -2.36. The van der Waals surface area contributed by atoms with Gasteiger partial charge in [0.1, 0.15) is 5.75 Å². The number of carbonyl (C=O) groups excluding carboxylic acids is 1. The number of hydrogen-bond acceptors (Lipinski definition) is 5. The molecule has 0 aliphatic carbocycles. The van der Waals surface area contributed by atoms with Gasteiger partial charge in [0.2, 0.25) is 0 Å². The summed E-state index contributed by atoms with van der Waals surface area (Å²) in [4.78, 5) is 18.4. The Kier molecular flexibility index (Phi) is 6.57. The van der Waals surface area contributed by atoms with Gasteiger partial charge in [-0.2, -0.15) is 0 Å². The fraction of sp³-hybridized carbons (Fsp3) is 0.391. The summed E-state index contributed by atoms with van der Waals surface area (Å²) in [5.41, 5.74) is 7.80. The molecule has 3 aromatic rings. The lowest BCUT2D eigenvalue weighted by molar-refractivity contribution is 0.249. The third-order valence-electron chi connectivity index (χ3n) is 5.82. The summed E-state index contributed by atoms with van der Waals surface area (Å²) in [5.74, 6) is 1.49. The standard InChI is InChI=1S/C23H30N6O2/c1-31-21-9-7-19(8-10-21)27-16-14-26(15-17-27)11-4-5-12-28(23(24)30)22-18-20-6-2-3-13-29(20)25-22/h2-3,6-10,13,18H,4-5,11-12,14-17H2,1H3,(H2,24,30). The fourth-order valence-corrected chi connectivity index (χ4v) is 4.02. The number of rotatable bonds is 8. The quantitative estimate of drug-likeness (QED) is 0.565. The van der Waals surface area contributed by atoms with Gasteiger partial charge in [0.15, 0.2) is 5.82 Å². The van der Waals surface area contributed by atoms with E-state index in [2.05, 4.69) is 27.0 Å². The zero-order valence-electron chi connectivity index (χ0n) is 18.0. The fourth-order valence-electron chi connectivity index (χ4n) is 4.02. The summed E-state index contributed by atoms with van der Waals surface area (Å²) in [6.07, 6.45) is 3.76. The highest BCUT2D eigenvalue weighted by atomic mass is 16.5. The van der Waals surface area contributed by atoms with Gasteiger partial charge in [-0.3, -0.25) is 9.80 Å². The maximum atomic E-state index is 12.0. The van der Waals surface area contributed by atoms with E-state index in [0.717, 1.165) is 56.8 Å². The minimum atomic E-state index is -0.462. The van der Waals surface area contributed by atoms with Crippen molar-refractivity contribution in [3.8, 4) is 5.75 Å². The number of hydrogen-bond donors (Lipinski definition) is 1. The molecule has 164 valence electrons. The van der Waals surface area contributed by atoms with Gasteiger partial charge in [0.05, 0.1) is 12.6 Å². The molecule has 0 radical (unpaired) electrons. The average molecular weight is 423 g/mol. The molecule has 1 aliphatic heterocycles. The minimum absolute atomic E-state index is 0.462. The molecule has 1 fully saturated rings. The van der Waals surface area contributed by atoms with Crippen molar-refractivity contribution >= 4 is 23.1 Å². The lowest BCUT2D eigenvalue weighted by Crippen LogP contribution is -2.46. The minimum Gasteiger partial charge on any atom is -0.497 e. The van der Waals surface area contributed by atoms with Crippen LogP contribution < -0.4 is 20.3 Å². The second-order valence-electron chi connectivity index (χ2n) is 7.80. The van der Waals surface area contributed by atoms with Crippen LogP contribution in [0.3, 0.4) is 0 Å². The molecule has 2 amide bonds. The number of benzene rings is 1. The van der Waals surface area contributed by atoms with Gasteiger partial charge in [0.25, 0.3) is 0 Å². The van der Waals surface area contributed by atoms with Gasteiger partial charge in [-0.25, -0.2) is 9.31 Å². The summed E-state index contributed by atoms with van der Waals surface area (Å²) >= 11 is 0. The molecule has 0 spiro atoms. The maximum Gasteiger partial charge on any atom is 0.320 e. The third kappa shape index (κ3) is 5.08. The van der Waals surface area contributed by atoms with Crippen LogP contribution in [0.1, 0.15) is 12.8 Å². The number of primary amides is 1. The van der Waals surface area contributed by atoms with Crippen molar-refractivity contribution in [3.05, 3.63) is 54.7 Å². The molecule has 0 bridgehead atoms. The van der Waals surface area contributed by atoms with Crippen molar-refractivity contribution < 1.29 is 9.53 Å². The number of methoxy groups -OCH3 is 1. The Morgan fingerprint density at radius 3 is 2.55 bits per heavy atom. The van der Waals surface area contributed by atoms with Crippen LogP contribution in [0.25, 0.3) is 5.52 Å². The van der Waals surface area contributed by atoms with Crippen LogP contribution in [-0.4, -0.2) is 66.9 Å². The van der Waals surface area contributed by atoms with Gasteiger partial charge < -0.3 is 15.4 Å². The number of carbonyl (C=O) groups is 1. The molecule has 3 heterocycles. The van der Waals surface area contributed by atoms with Gasteiger partial charge in [-0.1, -0.05) is 6.07 Å². The third-order valence-corrected chi connectivity index (χ3v) is 5.82. The highest BCUT2D eigenvalue weighted by Gasteiger charge is 2.18. The normalized spacial score (nSPS) is 14.7. The molecular weight excluding hydrogens is 392 g/mol. The molecule has 2 aromatic heterocycles. The molecule has 1 aromatic carbocycles. The number of urea groups is 1. The second-order valence-corrected chi connectivity index (χ2v) is 7.80. The van der Waals surface area contributed by atoms with Crippen molar-refractivity contribution in [1.29, 1.82) is 0 Å². The van der Waals surface area contributed by atoms with Crippen LogP contribution in [0.2, 0.25) is 0 Å². The highest BCUT2D eigenvalue weighted by molar-refractivity contribution is 5.90. The summed E-state index contributed by atoms with van der Waals surface area (Å²) < 4.78 is 7.00. The number of ether oxygens (including phenoxy) is 1. The van der Waals surface area contributed by atoms with E-state index >= 15 is 0 Å². The molecule has 4 rings (SSSR count). The van der Waals surface area contributed by atoms with E-state index in [0.29, 0.717) is 12.4 Å². The number of nitrogens with two attached hydrogens (primary N) is 1. The average Bonchev–Trinajstić information content (AvgIpc) is 3.23. The van der Waals surface area contributed by atoms with Crippen LogP contribution in [0.15, 0.2) is 54.7 Å². The molecule has 0 atom stereocenters. The first-order chi connectivity index (χ1) is 15.1. The van der Waals surface area contributed by atoms with E-state index < -0.39 is 6.03 Å². The van der Waals surface area contributed by atoms with Crippen molar-refractivity contribution in [2.24, 2.45) is 5.73 Å². The Morgan fingerprint density at radius 1 is 1.10 bits per heavy atom. The molecule has 0 unspecified atom stereocenters. The Labute approximate surface area is 182 Å². The van der Waals surface area contributed by atoms with Gasteiger partial charge in [-0.15, -0.1) is 5.10 Å². The molecular formula is C23H30N6O2. The number of anilines is 2. The largest absolute Gasteiger partial charge is 0.497 e. The van der Waals surface area contributed by atoms with E-state index in [1.807, 2.05) is 42.6 Å². The maximum absolute atomic E-state index is 12.0. The smallest absolute Gasteiger partial charge is 0.320 e.